The zero-order valence-electron chi connectivity index (χ0n) is 7.38. The molecule has 0 fully saturated rings. The Labute approximate surface area is 79.5 Å². The van der Waals surface area contributed by atoms with Gasteiger partial charge in [0.1, 0.15) is 6.07 Å². The van der Waals surface area contributed by atoms with E-state index in [4.69, 9.17) is 5.26 Å². The summed E-state index contributed by atoms with van der Waals surface area (Å²) in [6, 6.07) is 3.59. The molecule has 0 aliphatic rings. The molecule has 0 saturated heterocycles. The maximum absolute atomic E-state index is 13.2. The number of methoxy groups -OCH3 is 1. The molecule has 0 bridgehead atoms. The number of hydrogen-bond donors (Lipinski definition) is 0. The Balaban J connectivity index is 3.07. The largest absolute Gasteiger partial charge is 0.461 e. The van der Waals surface area contributed by atoms with Crippen molar-refractivity contribution in [3.8, 4) is 11.8 Å². The Morgan fingerprint density at radius 3 is 2.71 bits per heavy atom. The fourth-order valence-corrected chi connectivity index (χ4v) is 0.869. The lowest BCUT2D eigenvalue weighted by molar-refractivity contribution is 0.0452. The summed E-state index contributed by atoms with van der Waals surface area (Å²) in [5.41, 5.74) is -0.266. The van der Waals surface area contributed by atoms with Gasteiger partial charge in [0.15, 0.2) is 24.2 Å². The van der Waals surface area contributed by atoms with E-state index in [0.717, 1.165) is 12.1 Å². The molecule has 0 saturated carbocycles. The lowest BCUT2D eigenvalue weighted by Crippen LogP contribution is -2.04. The zero-order chi connectivity index (χ0) is 10.6. The Morgan fingerprint density at radius 1 is 1.43 bits per heavy atom. The maximum atomic E-state index is 13.2. The van der Waals surface area contributed by atoms with Crippen LogP contribution in [0.25, 0.3) is 0 Å². The van der Waals surface area contributed by atoms with Gasteiger partial charge in [-0.1, -0.05) is 0 Å². The van der Waals surface area contributed by atoms with Gasteiger partial charge in [0.2, 0.25) is 0 Å². The summed E-state index contributed by atoms with van der Waals surface area (Å²) in [6.45, 7) is -0.275. The van der Waals surface area contributed by atoms with Crippen LogP contribution in [0.1, 0.15) is 5.56 Å². The first-order valence-electron chi connectivity index (χ1n) is 3.70. The molecule has 3 nitrogen and oxygen atoms in total. The standard InChI is InChI=1S/C9H7F2NO2/c1-13-5-14-9-7(10)3-2-6(4-12)8(9)11/h2-3H,5H2,1H3. The highest BCUT2D eigenvalue weighted by Crippen LogP contribution is 2.23. The quantitative estimate of drug-likeness (QED) is 0.697. The molecule has 0 radical (unpaired) electrons. The van der Waals surface area contributed by atoms with Gasteiger partial charge in [0.25, 0.3) is 0 Å². The van der Waals surface area contributed by atoms with Crippen molar-refractivity contribution < 1.29 is 18.3 Å². The molecule has 5 heteroatoms. The fraction of sp³-hybridized carbons (Fsp3) is 0.222. The van der Waals surface area contributed by atoms with Gasteiger partial charge in [0, 0.05) is 7.11 Å². The van der Waals surface area contributed by atoms with Crippen molar-refractivity contribution in [1.29, 1.82) is 5.26 Å². The van der Waals surface area contributed by atoms with Gasteiger partial charge >= 0.3 is 0 Å². The number of halogens is 2. The second-order valence-corrected chi connectivity index (χ2v) is 2.40. The van der Waals surface area contributed by atoms with Crippen LogP contribution in [0.4, 0.5) is 8.78 Å². The molecule has 0 atom stereocenters. The summed E-state index contributed by atoms with van der Waals surface area (Å²) in [6.07, 6.45) is 0. The minimum atomic E-state index is -1.01. The Kier molecular flexibility index (Phi) is 3.37. The van der Waals surface area contributed by atoms with Crippen molar-refractivity contribution in [2.45, 2.75) is 0 Å². The van der Waals surface area contributed by atoms with Crippen LogP contribution in [0.15, 0.2) is 12.1 Å². The predicted molar refractivity (Wildman–Crippen MR) is 43.6 cm³/mol. The fourth-order valence-electron chi connectivity index (χ4n) is 0.869. The lowest BCUT2D eigenvalue weighted by Gasteiger charge is -2.07. The molecule has 1 aromatic rings. The van der Waals surface area contributed by atoms with Gasteiger partial charge < -0.3 is 9.47 Å². The van der Waals surface area contributed by atoms with Crippen molar-refractivity contribution in [1.82, 2.24) is 0 Å². The number of rotatable bonds is 3. The molecular weight excluding hydrogens is 192 g/mol. The second kappa shape index (κ2) is 4.53. The maximum Gasteiger partial charge on any atom is 0.195 e. The van der Waals surface area contributed by atoms with Gasteiger partial charge in [-0.3, -0.25) is 0 Å². The first kappa shape index (κ1) is 10.4. The van der Waals surface area contributed by atoms with Gasteiger partial charge in [-0.15, -0.1) is 0 Å². The van der Waals surface area contributed by atoms with E-state index in [9.17, 15) is 8.78 Å². The van der Waals surface area contributed by atoms with Crippen LogP contribution in [0.3, 0.4) is 0 Å². The monoisotopic (exact) mass is 199 g/mol. The first-order chi connectivity index (χ1) is 6.70. The van der Waals surface area contributed by atoms with E-state index in [1.807, 2.05) is 0 Å². The first-order valence-corrected chi connectivity index (χ1v) is 3.70. The summed E-state index contributed by atoms with van der Waals surface area (Å²) in [4.78, 5) is 0. The molecule has 0 aliphatic carbocycles. The van der Waals surface area contributed by atoms with Gasteiger partial charge in [0.05, 0.1) is 5.56 Å². The topological polar surface area (TPSA) is 42.2 Å². The highest BCUT2D eigenvalue weighted by molar-refractivity contribution is 5.39. The number of benzene rings is 1. The molecule has 0 heterocycles. The van der Waals surface area contributed by atoms with Crippen molar-refractivity contribution in [3.05, 3.63) is 29.3 Å². The van der Waals surface area contributed by atoms with Crippen molar-refractivity contribution in [2.24, 2.45) is 0 Å². The third kappa shape index (κ3) is 1.98. The van der Waals surface area contributed by atoms with Crippen LogP contribution in [-0.2, 0) is 4.74 Å². The third-order valence-corrected chi connectivity index (χ3v) is 1.49. The van der Waals surface area contributed by atoms with Crippen LogP contribution >= 0.6 is 0 Å². The summed E-state index contributed by atoms with van der Waals surface area (Å²) >= 11 is 0. The predicted octanol–water partition coefficient (Wildman–Crippen LogP) is 1.82. The summed E-state index contributed by atoms with van der Waals surface area (Å²) < 4.78 is 35.3. The molecule has 0 amide bonds. The van der Waals surface area contributed by atoms with Crippen molar-refractivity contribution in [3.63, 3.8) is 0 Å². The second-order valence-electron chi connectivity index (χ2n) is 2.40. The van der Waals surface area contributed by atoms with Crippen LogP contribution in [-0.4, -0.2) is 13.9 Å². The zero-order valence-corrected chi connectivity index (χ0v) is 7.38. The number of ether oxygens (including phenoxy) is 2. The van der Waals surface area contributed by atoms with Gasteiger partial charge in [-0.05, 0) is 12.1 Å². The van der Waals surface area contributed by atoms with Gasteiger partial charge in [-0.2, -0.15) is 5.26 Å². The molecule has 0 aliphatic heterocycles. The van der Waals surface area contributed by atoms with E-state index < -0.39 is 17.4 Å². The average molecular weight is 199 g/mol. The van der Waals surface area contributed by atoms with E-state index >= 15 is 0 Å². The van der Waals surface area contributed by atoms with Crippen LogP contribution in [0, 0.1) is 23.0 Å². The van der Waals surface area contributed by atoms with E-state index in [-0.39, 0.29) is 12.4 Å². The third-order valence-electron chi connectivity index (χ3n) is 1.49. The SMILES string of the molecule is COCOc1c(F)ccc(C#N)c1F. The van der Waals surface area contributed by atoms with Crippen LogP contribution in [0.5, 0.6) is 5.75 Å². The Bertz CT molecular complexity index is 374. The highest BCUT2D eigenvalue weighted by Gasteiger charge is 2.14. The Hall–Kier alpha value is -1.67. The van der Waals surface area contributed by atoms with Crippen molar-refractivity contribution in [2.75, 3.05) is 13.9 Å². The Morgan fingerprint density at radius 2 is 2.14 bits per heavy atom. The molecular formula is C9H7F2NO2. The molecule has 0 aromatic heterocycles. The molecule has 1 rings (SSSR count). The smallest absolute Gasteiger partial charge is 0.195 e. The molecule has 0 spiro atoms. The molecule has 0 N–H and O–H groups in total. The van der Waals surface area contributed by atoms with E-state index in [1.54, 1.807) is 6.07 Å². The van der Waals surface area contributed by atoms with E-state index in [1.165, 1.54) is 7.11 Å². The summed E-state index contributed by atoms with van der Waals surface area (Å²) in [7, 11) is 1.32. The number of nitriles is 1. The molecule has 0 unspecified atom stereocenters. The summed E-state index contributed by atoms with van der Waals surface area (Å²) in [5, 5.41) is 8.46. The molecule has 74 valence electrons. The lowest BCUT2D eigenvalue weighted by atomic mass is 10.2. The van der Waals surface area contributed by atoms with E-state index in [0.29, 0.717) is 0 Å². The average Bonchev–Trinajstić information content (AvgIpc) is 2.18. The minimum Gasteiger partial charge on any atom is -0.461 e. The van der Waals surface area contributed by atoms with Gasteiger partial charge in [-0.25, -0.2) is 8.78 Å². The molecule has 1 aromatic carbocycles. The summed E-state index contributed by atoms with van der Waals surface area (Å²) in [5.74, 6) is -2.46. The van der Waals surface area contributed by atoms with E-state index in [2.05, 4.69) is 9.47 Å². The van der Waals surface area contributed by atoms with Crippen molar-refractivity contribution >= 4 is 0 Å². The van der Waals surface area contributed by atoms with Crippen LogP contribution in [0.2, 0.25) is 0 Å². The normalized spacial score (nSPS) is 9.57. The minimum absolute atomic E-state index is 0.266. The highest BCUT2D eigenvalue weighted by atomic mass is 19.1. The molecule has 14 heavy (non-hydrogen) atoms. The number of nitrogens with zero attached hydrogens (tertiary/aromatic N) is 1. The number of hydrogen-bond acceptors (Lipinski definition) is 3. The van der Waals surface area contributed by atoms with Crippen LogP contribution < -0.4 is 4.74 Å².